The van der Waals surface area contributed by atoms with Gasteiger partial charge in [-0.2, -0.15) is 0 Å². The van der Waals surface area contributed by atoms with Crippen molar-refractivity contribution in [2.45, 2.75) is 25.2 Å². The van der Waals surface area contributed by atoms with Gasteiger partial charge in [-0.15, -0.1) is 0 Å². The van der Waals surface area contributed by atoms with Gasteiger partial charge in [0.2, 0.25) is 0 Å². The van der Waals surface area contributed by atoms with Gasteiger partial charge in [-0.05, 0) is 19.1 Å². The number of amides is 2. The van der Waals surface area contributed by atoms with E-state index in [1.165, 1.54) is 0 Å². The summed E-state index contributed by atoms with van der Waals surface area (Å²) in [5.41, 5.74) is 0.839. The van der Waals surface area contributed by atoms with Crippen LogP contribution in [-0.2, 0) is 9.47 Å². The smallest absolute Gasteiger partial charge is 0.318 e. The first-order valence-corrected chi connectivity index (χ1v) is 6.67. The van der Waals surface area contributed by atoms with Crippen LogP contribution in [-0.4, -0.2) is 55.4 Å². The molecule has 0 aromatic carbocycles. The van der Waals surface area contributed by atoms with Crippen molar-refractivity contribution >= 4 is 6.03 Å². The minimum absolute atomic E-state index is 0.0732. The number of likely N-dealkylation sites (tertiary alicyclic amines) is 1. The van der Waals surface area contributed by atoms with Crippen LogP contribution in [0.1, 0.15) is 18.7 Å². The molecular formula is C14H21N3O3. The molecule has 1 fully saturated rings. The summed E-state index contributed by atoms with van der Waals surface area (Å²) in [4.78, 5) is 18.2. The highest BCUT2D eigenvalue weighted by molar-refractivity contribution is 5.75. The number of hydrogen-bond acceptors (Lipinski definition) is 4. The summed E-state index contributed by atoms with van der Waals surface area (Å²) in [6, 6.07) is 5.40. The van der Waals surface area contributed by atoms with Crippen molar-refractivity contribution in [1.82, 2.24) is 15.2 Å². The lowest BCUT2D eigenvalue weighted by Crippen LogP contribution is -2.40. The van der Waals surface area contributed by atoms with Crippen molar-refractivity contribution in [3.8, 4) is 0 Å². The van der Waals surface area contributed by atoms with E-state index in [0.717, 1.165) is 5.69 Å². The van der Waals surface area contributed by atoms with Crippen LogP contribution in [0.4, 0.5) is 4.79 Å². The Balaban J connectivity index is 1.93. The predicted molar refractivity (Wildman–Crippen MR) is 74.4 cm³/mol. The number of urea groups is 1. The quantitative estimate of drug-likeness (QED) is 0.899. The number of hydrogen-bond donors (Lipinski definition) is 1. The van der Waals surface area contributed by atoms with Gasteiger partial charge in [0, 0.05) is 20.4 Å². The van der Waals surface area contributed by atoms with Gasteiger partial charge < -0.3 is 19.7 Å². The molecule has 20 heavy (non-hydrogen) atoms. The fourth-order valence-corrected chi connectivity index (χ4v) is 2.35. The minimum atomic E-state index is -0.133. The van der Waals surface area contributed by atoms with Crippen LogP contribution in [0.25, 0.3) is 0 Å². The number of carbonyl (C=O) groups excluding carboxylic acids is 1. The Morgan fingerprint density at radius 3 is 2.50 bits per heavy atom. The molecule has 0 aliphatic carbocycles. The molecule has 0 spiro atoms. The average molecular weight is 279 g/mol. The summed E-state index contributed by atoms with van der Waals surface area (Å²) in [7, 11) is 3.27. The maximum Gasteiger partial charge on any atom is 0.318 e. The number of methoxy groups -OCH3 is 2. The van der Waals surface area contributed by atoms with Crippen molar-refractivity contribution in [2.75, 3.05) is 27.3 Å². The molecule has 0 saturated carbocycles. The molecule has 1 N–H and O–H groups in total. The van der Waals surface area contributed by atoms with Crippen molar-refractivity contribution in [1.29, 1.82) is 0 Å². The third kappa shape index (κ3) is 3.26. The van der Waals surface area contributed by atoms with Gasteiger partial charge in [0.15, 0.2) is 0 Å². The molecule has 0 unspecified atom stereocenters. The molecular weight excluding hydrogens is 258 g/mol. The van der Waals surface area contributed by atoms with Crippen LogP contribution in [0.5, 0.6) is 0 Å². The van der Waals surface area contributed by atoms with E-state index in [0.29, 0.717) is 13.1 Å². The number of ether oxygens (including phenoxy) is 2. The van der Waals surface area contributed by atoms with Gasteiger partial charge in [-0.1, -0.05) is 6.07 Å². The van der Waals surface area contributed by atoms with E-state index in [-0.39, 0.29) is 24.3 Å². The first-order valence-electron chi connectivity index (χ1n) is 6.67. The van der Waals surface area contributed by atoms with Crippen LogP contribution >= 0.6 is 0 Å². The van der Waals surface area contributed by atoms with E-state index in [1.54, 1.807) is 25.3 Å². The second-order valence-corrected chi connectivity index (χ2v) is 4.88. The second kappa shape index (κ2) is 6.67. The Hall–Kier alpha value is -1.66. The lowest BCUT2D eigenvalue weighted by Gasteiger charge is -2.20. The maximum absolute atomic E-state index is 12.2. The molecule has 1 aliphatic rings. The summed E-state index contributed by atoms with van der Waals surface area (Å²) < 4.78 is 10.7. The molecule has 6 heteroatoms. The molecule has 0 bridgehead atoms. The molecule has 2 rings (SSSR count). The Morgan fingerprint density at radius 2 is 2.00 bits per heavy atom. The third-order valence-corrected chi connectivity index (χ3v) is 3.58. The Bertz CT molecular complexity index is 429. The van der Waals surface area contributed by atoms with Crippen molar-refractivity contribution in [3.05, 3.63) is 30.1 Å². The Labute approximate surface area is 119 Å². The largest absolute Gasteiger partial charge is 0.377 e. The highest BCUT2D eigenvalue weighted by atomic mass is 16.5. The molecule has 1 aliphatic heterocycles. The standard InChI is InChI=1S/C14H21N3O3/c1-10(11-6-4-5-7-15-11)16-14(18)17-8-12(19-2)13(9-17)20-3/h4-7,10,12-13H,8-9H2,1-3H3,(H,16,18)/t10-,12-,13+/m0/s1. The van der Waals surface area contributed by atoms with E-state index in [9.17, 15) is 4.79 Å². The van der Waals surface area contributed by atoms with Gasteiger partial charge in [-0.3, -0.25) is 4.98 Å². The molecule has 1 aromatic rings. The highest BCUT2D eigenvalue weighted by Crippen LogP contribution is 2.17. The number of carbonyl (C=O) groups is 1. The molecule has 110 valence electrons. The van der Waals surface area contributed by atoms with Gasteiger partial charge in [0.05, 0.1) is 24.8 Å². The summed E-state index contributed by atoms with van der Waals surface area (Å²) in [6.07, 6.45) is 1.57. The fraction of sp³-hybridized carbons (Fsp3) is 0.571. The van der Waals surface area contributed by atoms with E-state index in [1.807, 2.05) is 25.1 Å². The summed E-state index contributed by atoms with van der Waals surface area (Å²) in [5, 5.41) is 2.94. The first-order chi connectivity index (χ1) is 9.65. The molecule has 2 amide bonds. The number of nitrogens with zero attached hydrogens (tertiary/aromatic N) is 2. The van der Waals surface area contributed by atoms with Crippen LogP contribution in [0.15, 0.2) is 24.4 Å². The Morgan fingerprint density at radius 1 is 1.35 bits per heavy atom. The molecule has 1 saturated heterocycles. The van der Waals surface area contributed by atoms with E-state index in [2.05, 4.69) is 10.3 Å². The average Bonchev–Trinajstić information content (AvgIpc) is 2.91. The van der Waals surface area contributed by atoms with E-state index in [4.69, 9.17) is 9.47 Å². The molecule has 6 nitrogen and oxygen atoms in total. The number of rotatable bonds is 4. The predicted octanol–water partition coefficient (Wildman–Crippen LogP) is 1.20. The van der Waals surface area contributed by atoms with Crippen LogP contribution in [0.3, 0.4) is 0 Å². The zero-order valence-electron chi connectivity index (χ0n) is 12.1. The lowest BCUT2D eigenvalue weighted by atomic mass is 10.2. The zero-order chi connectivity index (χ0) is 14.5. The van der Waals surface area contributed by atoms with Crippen molar-refractivity contribution < 1.29 is 14.3 Å². The van der Waals surface area contributed by atoms with E-state index < -0.39 is 0 Å². The van der Waals surface area contributed by atoms with Gasteiger partial charge in [-0.25, -0.2) is 4.79 Å². The number of nitrogens with one attached hydrogen (secondary N) is 1. The monoisotopic (exact) mass is 279 g/mol. The summed E-state index contributed by atoms with van der Waals surface area (Å²) in [5.74, 6) is 0. The lowest BCUT2D eigenvalue weighted by molar-refractivity contribution is -0.00461. The normalized spacial score (nSPS) is 23.6. The van der Waals surface area contributed by atoms with Crippen molar-refractivity contribution in [2.24, 2.45) is 0 Å². The number of aromatic nitrogens is 1. The molecule has 3 atom stereocenters. The fourth-order valence-electron chi connectivity index (χ4n) is 2.35. The van der Waals surface area contributed by atoms with Crippen LogP contribution in [0.2, 0.25) is 0 Å². The van der Waals surface area contributed by atoms with E-state index >= 15 is 0 Å². The first kappa shape index (κ1) is 14.7. The molecule has 1 aromatic heterocycles. The maximum atomic E-state index is 12.2. The number of pyridine rings is 1. The van der Waals surface area contributed by atoms with Gasteiger partial charge >= 0.3 is 6.03 Å². The highest BCUT2D eigenvalue weighted by Gasteiger charge is 2.35. The van der Waals surface area contributed by atoms with Crippen LogP contribution < -0.4 is 5.32 Å². The topological polar surface area (TPSA) is 63.7 Å². The molecule has 0 radical (unpaired) electrons. The molecule has 2 heterocycles. The van der Waals surface area contributed by atoms with Crippen LogP contribution in [0, 0.1) is 0 Å². The minimum Gasteiger partial charge on any atom is -0.377 e. The summed E-state index contributed by atoms with van der Waals surface area (Å²) in [6.45, 7) is 2.99. The van der Waals surface area contributed by atoms with Gasteiger partial charge in [0.25, 0.3) is 0 Å². The van der Waals surface area contributed by atoms with Crippen molar-refractivity contribution in [3.63, 3.8) is 0 Å². The third-order valence-electron chi connectivity index (χ3n) is 3.58. The van der Waals surface area contributed by atoms with Gasteiger partial charge in [0.1, 0.15) is 12.2 Å². The second-order valence-electron chi connectivity index (χ2n) is 4.88. The zero-order valence-corrected chi connectivity index (χ0v) is 12.1. The Kier molecular flexibility index (Phi) is 4.92. The summed E-state index contributed by atoms with van der Waals surface area (Å²) >= 11 is 0. The SMILES string of the molecule is CO[C@H]1CN(C(=O)N[C@@H](C)c2ccccn2)C[C@H]1OC.